The van der Waals surface area contributed by atoms with Gasteiger partial charge in [-0.1, -0.05) is 18.2 Å². The van der Waals surface area contributed by atoms with Gasteiger partial charge in [-0.05, 0) is 25.0 Å². The molecule has 80 valence electrons. The molecule has 0 saturated carbocycles. The van der Waals surface area contributed by atoms with Gasteiger partial charge in [-0.15, -0.1) is 0 Å². The summed E-state index contributed by atoms with van der Waals surface area (Å²) in [5, 5.41) is 8.63. The number of rotatable bonds is 4. The van der Waals surface area contributed by atoms with Crippen molar-refractivity contribution in [2.45, 2.75) is 19.4 Å². The van der Waals surface area contributed by atoms with Crippen LogP contribution in [0.5, 0.6) is 0 Å². The van der Waals surface area contributed by atoms with Crippen molar-refractivity contribution in [3.63, 3.8) is 0 Å². The summed E-state index contributed by atoms with van der Waals surface area (Å²) in [7, 11) is 0. The lowest BCUT2D eigenvalue weighted by molar-refractivity contribution is -0.138. The predicted octanol–water partition coefficient (Wildman–Crippen LogP) is 0.844. The van der Waals surface area contributed by atoms with Gasteiger partial charge >= 0.3 is 5.97 Å². The first kappa shape index (κ1) is 11.4. The summed E-state index contributed by atoms with van der Waals surface area (Å²) in [6, 6.07) is 5.92. The second kappa shape index (κ2) is 4.70. The van der Waals surface area contributed by atoms with Gasteiger partial charge < -0.3 is 10.8 Å². The van der Waals surface area contributed by atoms with Crippen molar-refractivity contribution in [2.24, 2.45) is 5.73 Å². The van der Waals surface area contributed by atoms with E-state index in [0.717, 1.165) is 5.56 Å². The number of benzene rings is 1. The fraction of sp³-hybridized carbons (Fsp3) is 0.273. The molecule has 0 amide bonds. The van der Waals surface area contributed by atoms with Gasteiger partial charge in [0.2, 0.25) is 0 Å². The van der Waals surface area contributed by atoms with E-state index in [-0.39, 0.29) is 12.2 Å². The molecule has 15 heavy (non-hydrogen) atoms. The van der Waals surface area contributed by atoms with E-state index in [1.807, 2.05) is 0 Å². The molecule has 0 bridgehead atoms. The summed E-state index contributed by atoms with van der Waals surface area (Å²) in [5.74, 6) is -1.08. The molecular weight excluding hydrogens is 194 g/mol. The lowest BCUT2D eigenvalue weighted by atomic mass is 10.0. The number of aliphatic carboxylic acids is 1. The van der Waals surface area contributed by atoms with E-state index < -0.39 is 12.0 Å². The van der Waals surface area contributed by atoms with Crippen molar-refractivity contribution >= 4 is 11.8 Å². The van der Waals surface area contributed by atoms with Gasteiger partial charge in [0.1, 0.15) is 6.04 Å². The Morgan fingerprint density at radius 2 is 2.13 bits per heavy atom. The lowest BCUT2D eigenvalue weighted by Gasteiger charge is -2.06. The minimum absolute atomic E-state index is 0.0410. The number of carboxylic acids is 1. The van der Waals surface area contributed by atoms with Gasteiger partial charge in [0, 0.05) is 5.56 Å². The molecule has 0 aliphatic rings. The molecule has 0 spiro atoms. The summed E-state index contributed by atoms with van der Waals surface area (Å²) in [5.41, 5.74) is 6.73. The van der Waals surface area contributed by atoms with Gasteiger partial charge in [0.05, 0.1) is 0 Å². The topological polar surface area (TPSA) is 80.4 Å². The Morgan fingerprint density at radius 1 is 1.47 bits per heavy atom. The third-order valence-electron chi connectivity index (χ3n) is 2.11. The first-order valence-electron chi connectivity index (χ1n) is 4.59. The second-order valence-electron chi connectivity index (χ2n) is 3.41. The lowest BCUT2D eigenvalue weighted by Crippen LogP contribution is -2.32. The molecule has 4 heteroatoms. The maximum absolute atomic E-state index is 11.1. The van der Waals surface area contributed by atoms with E-state index in [4.69, 9.17) is 10.8 Å². The standard InChI is InChI=1S/C11H13NO3/c1-7(13)9-4-2-3-8(5-9)6-10(12)11(14)15/h2-5,10H,6,12H2,1H3,(H,14,15)/t10-/m1/s1. The number of ketones is 1. The molecule has 4 nitrogen and oxygen atoms in total. The van der Waals surface area contributed by atoms with Crippen LogP contribution in [0.15, 0.2) is 24.3 Å². The Morgan fingerprint density at radius 3 is 2.67 bits per heavy atom. The largest absolute Gasteiger partial charge is 0.480 e. The molecule has 1 aromatic rings. The number of nitrogens with two attached hydrogens (primary N) is 1. The molecule has 0 saturated heterocycles. The highest BCUT2D eigenvalue weighted by Gasteiger charge is 2.12. The Bertz CT molecular complexity index is 387. The van der Waals surface area contributed by atoms with Crippen LogP contribution < -0.4 is 5.73 Å². The Labute approximate surface area is 87.7 Å². The monoisotopic (exact) mass is 207 g/mol. The van der Waals surface area contributed by atoms with Crippen LogP contribution in [0.4, 0.5) is 0 Å². The molecule has 0 fully saturated rings. The number of carbonyl (C=O) groups excluding carboxylic acids is 1. The summed E-state index contributed by atoms with van der Waals surface area (Å²) < 4.78 is 0. The maximum Gasteiger partial charge on any atom is 0.320 e. The minimum atomic E-state index is -1.04. The van der Waals surface area contributed by atoms with E-state index in [9.17, 15) is 9.59 Å². The summed E-state index contributed by atoms with van der Waals surface area (Å²) >= 11 is 0. The molecule has 1 atom stereocenters. The first-order valence-corrected chi connectivity index (χ1v) is 4.59. The average Bonchev–Trinajstić information content (AvgIpc) is 2.18. The molecule has 0 radical (unpaired) electrons. The highest BCUT2D eigenvalue weighted by atomic mass is 16.4. The SMILES string of the molecule is CC(=O)c1cccc(C[C@@H](N)C(=O)O)c1. The second-order valence-corrected chi connectivity index (χ2v) is 3.41. The zero-order chi connectivity index (χ0) is 11.4. The van der Waals surface area contributed by atoms with Crippen molar-refractivity contribution in [2.75, 3.05) is 0 Å². The van der Waals surface area contributed by atoms with Crippen LogP contribution in [0.3, 0.4) is 0 Å². The van der Waals surface area contributed by atoms with Gasteiger partial charge in [0.15, 0.2) is 5.78 Å². The van der Waals surface area contributed by atoms with Crippen molar-refractivity contribution in [1.29, 1.82) is 0 Å². The smallest absolute Gasteiger partial charge is 0.320 e. The molecule has 0 unspecified atom stereocenters. The van der Waals surface area contributed by atoms with Crippen LogP contribution in [0.25, 0.3) is 0 Å². The fourth-order valence-corrected chi connectivity index (χ4v) is 1.26. The van der Waals surface area contributed by atoms with Crippen LogP contribution in [-0.2, 0) is 11.2 Å². The van der Waals surface area contributed by atoms with Crippen molar-refractivity contribution < 1.29 is 14.7 Å². The van der Waals surface area contributed by atoms with Crippen LogP contribution in [0.2, 0.25) is 0 Å². The molecule has 1 rings (SSSR count). The Hall–Kier alpha value is -1.68. The average molecular weight is 207 g/mol. The Kier molecular flexibility index (Phi) is 3.57. The molecule has 3 N–H and O–H groups in total. The number of carbonyl (C=O) groups is 2. The van der Waals surface area contributed by atoms with E-state index in [0.29, 0.717) is 5.56 Å². The third-order valence-corrected chi connectivity index (χ3v) is 2.11. The molecular formula is C11H13NO3. The number of hydrogen-bond donors (Lipinski definition) is 2. The Balaban J connectivity index is 2.82. The van der Waals surface area contributed by atoms with E-state index in [2.05, 4.69) is 0 Å². The highest BCUT2D eigenvalue weighted by molar-refractivity contribution is 5.94. The third kappa shape index (κ3) is 3.18. The molecule has 0 aliphatic heterocycles. The van der Waals surface area contributed by atoms with Crippen molar-refractivity contribution in [3.05, 3.63) is 35.4 Å². The van der Waals surface area contributed by atoms with Gasteiger partial charge in [-0.2, -0.15) is 0 Å². The summed E-state index contributed by atoms with van der Waals surface area (Å²) in [6.45, 7) is 1.47. The fourth-order valence-electron chi connectivity index (χ4n) is 1.26. The summed E-state index contributed by atoms with van der Waals surface area (Å²) in [6.07, 6.45) is 0.233. The number of carboxylic acid groups (broad SMARTS) is 1. The molecule has 0 aromatic heterocycles. The van der Waals surface area contributed by atoms with E-state index in [1.54, 1.807) is 24.3 Å². The van der Waals surface area contributed by atoms with Crippen molar-refractivity contribution in [3.8, 4) is 0 Å². The van der Waals surface area contributed by atoms with Crippen LogP contribution in [0.1, 0.15) is 22.8 Å². The van der Waals surface area contributed by atoms with Crippen LogP contribution >= 0.6 is 0 Å². The zero-order valence-corrected chi connectivity index (χ0v) is 8.43. The highest BCUT2D eigenvalue weighted by Crippen LogP contribution is 2.08. The van der Waals surface area contributed by atoms with Gasteiger partial charge in [-0.3, -0.25) is 9.59 Å². The normalized spacial score (nSPS) is 12.1. The molecule has 0 aliphatic carbocycles. The molecule has 1 aromatic carbocycles. The number of Topliss-reactive ketones (excluding diaryl/α,β-unsaturated/α-hetero) is 1. The zero-order valence-electron chi connectivity index (χ0n) is 8.43. The minimum Gasteiger partial charge on any atom is -0.480 e. The van der Waals surface area contributed by atoms with Gasteiger partial charge in [0.25, 0.3) is 0 Å². The van der Waals surface area contributed by atoms with Crippen LogP contribution in [0, 0.1) is 0 Å². The van der Waals surface area contributed by atoms with E-state index >= 15 is 0 Å². The van der Waals surface area contributed by atoms with Crippen LogP contribution in [-0.4, -0.2) is 22.9 Å². The first-order chi connectivity index (χ1) is 7.00. The number of hydrogen-bond acceptors (Lipinski definition) is 3. The van der Waals surface area contributed by atoms with E-state index in [1.165, 1.54) is 6.92 Å². The predicted molar refractivity (Wildman–Crippen MR) is 55.8 cm³/mol. The maximum atomic E-state index is 11.1. The van der Waals surface area contributed by atoms with Crippen molar-refractivity contribution in [1.82, 2.24) is 0 Å². The molecule has 0 heterocycles. The summed E-state index contributed by atoms with van der Waals surface area (Å²) in [4.78, 5) is 21.6. The quantitative estimate of drug-likeness (QED) is 0.717. The van der Waals surface area contributed by atoms with Gasteiger partial charge in [-0.25, -0.2) is 0 Å².